The summed E-state index contributed by atoms with van der Waals surface area (Å²) in [7, 11) is 1.44. The lowest BCUT2D eigenvalue weighted by atomic mass is 9.79. The summed E-state index contributed by atoms with van der Waals surface area (Å²) in [6.07, 6.45) is -0.144. The Balaban J connectivity index is 1.44. The van der Waals surface area contributed by atoms with Crippen LogP contribution in [0.1, 0.15) is 31.9 Å². The molecular formula is C32H29N5O6S2. The molecule has 13 heteroatoms. The van der Waals surface area contributed by atoms with E-state index in [0.717, 1.165) is 0 Å². The van der Waals surface area contributed by atoms with Crippen LogP contribution in [0.2, 0.25) is 0 Å². The van der Waals surface area contributed by atoms with E-state index in [0.29, 0.717) is 52.0 Å². The van der Waals surface area contributed by atoms with Crippen molar-refractivity contribution in [2.24, 2.45) is 5.41 Å². The van der Waals surface area contributed by atoms with E-state index in [-0.39, 0.29) is 13.2 Å². The first-order chi connectivity index (χ1) is 21.5. The number of likely N-dealkylation sites (N-methyl/N-ethyl adjacent to an activating group) is 1. The highest BCUT2D eigenvalue weighted by Gasteiger charge is 2.72. The maximum absolute atomic E-state index is 14.9. The number of amides is 4. The maximum Gasteiger partial charge on any atom is 0.286 e. The van der Waals surface area contributed by atoms with Crippen molar-refractivity contribution >= 4 is 57.2 Å². The molecule has 6 rings (SSSR count). The van der Waals surface area contributed by atoms with Crippen LogP contribution in [0, 0.1) is 16.7 Å². The number of thioether (sulfide) groups is 2. The van der Waals surface area contributed by atoms with Gasteiger partial charge in [0.2, 0.25) is 6.79 Å². The van der Waals surface area contributed by atoms with E-state index in [9.17, 15) is 24.4 Å². The summed E-state index contributed by atoms with van der Waals surface area (Å²) in [5, 5.41) is 15.0. The van der Waals surface area contributed by atoms with Gasteiger partial charge in [-0.2, -0.15) is 5.26 Å². The molecule has 11 nitrogen and oxygen atoms in total. The molecule has 45 heavy (non-hydrogen) atoms. The van der Waals surface area contributed by atoms with Crippen LogP contribution in [0.25, 0.3) is 0 Å². The lowest BCUT2D eigenvalue weighted by molar-refractivity contribution is -0.163. The van der Waals surface area contributed by atoms with Gasteiger partial charge in [-0.3, -0.25) is 19.2 Å². The molecule has 0 spiro atoms. The number of piperazine rings is 1. The number of fused-ring (bicyclic) bond motifs is 2. The van der Waals surface area contributed by atoms with Crippen LogP contribution in [0.15, 0.2) is 78.9 Å². The van der Waals surface area contributed by atoms with Crippen LogP contribution in [0.5, 0.6) is 11.5 Å². The molecule has 1 unspecified atom stereocenters. The third-order valence-corrected chi connectivity index (χ3v) is 10.6. The fourth-order valence-corrected chi connectivity index (χ4v) is 8.36. The van der Waals surface area contributed by atoms with Crippen molar-refractivity contribution < 1.29 is 28.7 Å². The third-order valence-electron chi connectivity index (χ3n) is 8.31. The minimum atomic E-state index is -1.80. The van der Waals surface area contributed by atoms with Crippen LogP contribution in [0.3, 0.4) is 0 Å². The van der Waals surface area contributed by atoms with Crippen molar-refractivity contribution in [2.75, 3.05) is 24.5 Å². The largest absolute Gasteiger partial charge is 0.454 e. The molecule has 3 aromatic carbocycles. The summed E-state index contributed by atoms with van der Waals surface area (Å²) in [6, 6.07) is 24.0. The lowest BCUT2D eigenvalue weighted by Crippen LogP contribution is -2.71. The molecule has 2 N–H and O–H groups in total. The quantitative estimate of drug-likeness (QED) is 0.341. The highest BCUT2D eigenvalue weighted by atomic mass is 32.2. The van der Waals surface area contributed by atoms with Crippen LogP contribution >= 0.6 is 23.5 Å². The number of ether oxygens (including phenoxy) is 2. The number of anilines is 2. The van der Waals surface area contributed by atoms with Crippen molar-refractivity contribution in [2.45, 2.75) is 36.1 Å². The molecule has 3 aliphatic heterocycles. The molecule has 2 fully saturated rings. The maximum atomic E-state index is 14.9. The van der Waals surface area contributed by atoms with E-state index in [1.54, 1.807) is 79.7 Å². The van der Waals surface area contributed by atoms with Crippen LogP contribution in [-0.2, 0) is 9.59 Å². The van der Waals surface area contributed by atoms with Gasteiger partial charge in [-0.15, -0.1) is 0 Å². The van der Waals surface area contributed by atoms with E-state index < -0.39 is 43.5 Å². The summed E-state index contributed by atoms with van der Waals surface area (Å²) < 4.78 is 11.1. The molecule has 0 bridgehead atoms. The summed E-state index contributed by atoms with van der Waals surface area (Å²) in [5.41, 5.74) is 0.241. The number of nitrogens with zero attached hydrogens (tertiary/aromatic N) is 3. The van der Waals surface area contributed by atoms with Gasteiger partial charge in [0.1, 0.15) is 0 Å². The number of hydrogen-bond acceptors (Lipinski definition) is 9. The van der Waals surface area contributed by atoms with E-state index in [1.807, 2.05) is 6.07 Å². The van der Waals surface area contributed by atoms with E-state index in [4.69, 9.17) is 9.47 Å². The molecule has 230 valence electrons. The van der Waals surface area contributed by atoms with Gasteiger partial charge in [-0.1, -0.05) is 42.5 Å². The van der Waals surface area contributed by atoms with Gasteiger partial charge in [-0.25, -0.2) is 0 Å². The second-order valence-electron chi connectivity index (χ2n) is 11.3. The number of nitriles is 1. The Kier molecular flexibility index (Phi) is 7.66. The molecule has 0 saturated carbocycles. The Morgan fingerprint density at radius 1 is 0.867 bits per heavy atom. The molecule has 4 amide bonds. The number of carbonyl (C=O) groups excluding carboxylic acids is 4. The van der Waals surface area contributed by atoms with Gasteiger partial charge in [0, 0.05) is 24.8 Å². The minimum Gasteiger partial charge on any atom is -0.454 e. The highest BCUT2D eigenvalue weighted by molar-refractivity contribution is 8.16. The number of para-hydroxylation sites is 2. The Morgan fingerprint density at radius 2 is 1.44 bits per heavy atom. The predicted octanol–water partition coefficient (Wildman–Crippen LogP) is 6.03. The number of benzene rings is 3. The topological polar surface area (TPSA) is 141 Å². The minimum absolute atomic E-state index is 0.0234. The molecule has 0 aliphatic carbocycles. The monoisotopic (exact) mass is 643 g/mol. The number of nitrogens with one attached hydrogen (secondary N) is 2. The van der Waals surface area contributed by atoms with Crippen LogP contribution in [0.4, 0.5) is 21.0 Å². The first-order valence-electron chi connectivity index (χ1n) is 14.0. The number of rotatable bonds is 5. The van der Waals surface area contributed by atoms with Gasteiger partial charge in [0.05, 0.1) is 17.5 Å². The van der Waals surface area contributed by atoms with Crippen LogP contribution in [-0.4, -0.2) is 55.7 Å². The fraction of sp³-hybridized carbons (Fsp3) is 0.281. The lowest BCUT2D eigenvalue weighted by Gasteiger charge is -2.52. The molecule has 3 heterocycles. The van der Waals surface area contributed by atoms with E-state index in [2.05, 4.69) is 16.7 Å². The molecule has 2 saturated heterocycles. The Bertz CT molecular complexity index is 1740. The molecule has 3 aliphatic rings. The van der Waals surface area contributed by atoms with Crippen molar-refractivity contribution in [1.29, 1.82) is 5.26 Å². The Labute approximate surface area is 268 Å². The fourth-order valence-electron chi connectivity index (χ4n) is 6.06. The summed E-state index contributed by atoms with van der Waals surface area (Å²) in [6.45, 7) is 3.19. The number of hydrogen-bond donors (Lipinski definition) is 2. The first kappa shape index (κ1) is 30.4. The van der Waals surface area contributed by atoms with E-state index >= 15 is 0 Å². The first-order valence-corrected chi connectivity index (χ1v) is 15.7. The Morgan fingerprint density at radius 3 is 2.04 bits per heavy atom. The Hall–Kier alpha value is -4.67. The van der Waals surface area contributed by atoms with Crippen molar-refractivity contribution in [3.05, 3.63) is 84.4 Å². The SMILES string of the molecule is CN1C(=O)C2(SC(=O)Nc3ccccc3)C[C@](C)(C#N)[C@H](c3ccc4c(c3)OCO4)N2C(=O)[C@]1(C)SC(=O)Nc1ccccc1. The van der Waals surface area contributed by atoms with Gasteiger partial charge in [0.25, 0.3) is 22.3 Å². The third kappa shape index (κ3) is 5.13. The summed E-state index contributed by atoms with van der Waals surface area (Å²) in [5.74, 6) is -0.230. The van der Waals surface area contributed by atoms with Crippen molar-refractivity contribution in [1.82, 2.24) is 9.80 Å². The average Bonchev–Trinajstić information content (AvgIpc) is 3.60. The van der Waals surface area contributed by atoms with E-state index in [1.165, 1.54) is 23.8 Å². The second kappa shape index (κ2) is 11.4. The van der Waals surface area contributed by atoms with Gasteiger partial charge in [0.15, 0.2) is 21.2 Å². The van der Waals surface area contributed by atoms with Crippen LogP contribution < -0.4 is 20.1 Å². The summed E-state index contributed by atoms with van der Waals surface area (Å²) >= 11 is 1.32. The average molecular weight is 644 g/mol. The van der Waals surface area contributed by atoms with Crippen molar-refractivity contribution in [3.63, 3.8) is 0 Å². The molecule has 0 aromatic heterocycles. The smallest absolute Gasteiger partial charge is 0.286 e. The highest BCUT2D eigenvalue weighted by Crippen LogP contribution is 2.62. The standard InChI is InChI=1S/C32H29N5O6S2/c1-30(18-33)17-32(45-29(41)35-22-12-8-5-9-13-22)27(39)36(3)31(2,44-28(40)34-21-10-6-4-7-11-21)26(38)37(32)25(30)20-14-15-23-24(16-20)43-19-42-23/h4-16,25H,17,19H2,1-3H3,(H,34,40)(H,35,41)/t25-,30+,31-,32?/m0/s1. The predicted molar refractivity (Wildman–Crippen MR) is 170 cm³/mol. The molecular weight excluding hydrogens is 615 g/mol. The van der Waals surface area contributed by atoms with Gasteiger partial charge in [-0.05, 0) is 79.3 Å². The normalized spacial score (nSPS) is 26.7. The zero-order chi connectivity index (χ0) is 32.0. The zero-order valence-electron chi connectivity index (χ0n) is 24.6. The zero-order valence-corrected chi connectivity index (χ0v) is 26.2. The molecule has 4 atom stereocenters. The van der Waals surface area contributed by atoms with Gasteiger partial charge < -0.3 is 29.9 Å². The molecule has 3 aromatic rings. The molecule has 0 radical (unpaired) electrons. The van der Waals surface area contributed by atoms with Gasteiger partial charge >= 0.3 is 0 Å². The van der Waals surface area contributed by atoms with Crippen molar-refractivity contribution in [3.8, 4) is 17.6 Å². The second-order valence-corrected chi connectivity index (χ2v) is 13.9. The summed E-state index contributed by atoms with van der Waals surface area (Å²) in [4.78, 5) is 55.4. The number of carbonyl (C=O) groups is 4.